The molecule has 0 radical (unpaired) electrons. The van der Waals surface area contributed by atoms with E-state index in [0.29, 0.717) is 5.92 Å². The van der Waals surface area contributed by atoms with Gasteiger partial charge in [-0.05, 0) is 25.7 Å². The molecule has 2 nitrogen and oxygen atoms in total. The van der Waals surface area contributed by atoms with Gasteiger partial charge in [-0.1, -0.05) is 39.5 Å². The molecule has 0 aromatic heterocycles. The molecule has 0 aliphatic heterocycles. The Kier molecular flexibility index (Phi) is 5.07. The summed E-state index contributed by atoms with van der Waals surface area (Å²) in [4.78, 5) is 0. The first kappa shape index (κ1) is 13.0. The Balaban J connectivity index is 2.74. The highest BCUT2D eigenvalue weighted by molar-refractivity contribution is 4.94. The Hall–Kier alpha value is -0.0800. The van der Waals surface area contributed by atoms with Crippen LogP contribution in [0.3, 0.4) is 0 Å². The summed E-state index contributed by atoms with van der Waals surface area (Å²) in [5.74, 6) is 0.509. The molecule has 1 saturated carbocycles. The molecule has 2 heteroatoms. The molecule has 1 aliphatic rings. The second-order valence-corrected chi connectivity index (χ2v) is 5.18. The number of hydrogen-bond acceptors (Lipinski definition) is 2. The quantitative estimate of drug-likeness (QED) is 0.728. The van der Waals surface area contributed by atoms with Gasteiger partial charge in [0.15, 0.2) is 0 Å². The van der Waals surface area contributed by atoms with E-state index in [1.807, 2.05) is 0 Å². The van der Waals surface area contributed by atoms with E-state index in [2.05, 4.69) is 20.8 Å². The predicted octanol–water partition coefficient (Wildman–Crippen LogP) is 3.10. The summed E-state index contributed by atoms with van der Waals surface area (Å²) in [5, 5.41) is 0. The van der Waals surface area contributed by atoms with Gasteiger partial charge < -0.3 is 10.5 Å². The molecular weight excluding hydrogens is 186 g/mol. The van der Waals surface area contributed by atoms with Crippen LogP contribution in [0.5, 0.6) is 0 Å². The van der Waals surface area contributed by atoms with Gasteiger partial charge in [0.1, 0.15) is 0 Å². The molecule has 0 saturated heterocycles. The van der Waals surface area contributed by atoms with Crippen LogP contribution >= 0.6 is 0 Å². The van der Waals surface area contributed by atoms with Crippen LogP contribution in [0.15, 0.2) is 0 Å². The van der Waals surface area contributed by atoms with E-state index in [0.717, 1.165) is 19.4 Å². The zero-order valence-electron chi connectivity index (χ0n) is 10.6. The first-order chi connectivity index (χ1) is 7.12. The highest BCUT2D eigenvalue weighted by Gasteiger charge is 2.38. The molecule has 0 bridgehead atoms. The summed E-state index contributed by atoms with van der Waals surface area (Å²) in [5.41, 5.74) is 6.33. The Morgan fingerprint density at radius 2 is 1.67 bits per heavy atom. The topological polar surface area (TPSA) is 35.2 Å². The molecular formula is C13H27NO. The lowest BCUT2D eigenvalue weighted by Gasteiger charge is -2.40. The molecule has 1 aliphatic carbocycles. The number of nitrogens with two attached hydrogens (primary N) is 1. The third kappa shape index (κ3) is 3.18. The Labute approximate surface area is 94.6 Å². The first-order valence-electron chi connectivity index (χ1n) is 6.52. The summed E-state index contributed by atoms with van der Waals surface area (Å²) < 4.78 is 6.05. The number of rotatable bonds is 4. The van der Waals surface area contributed by atoms with Crippen molar-refractivity contribution < 1.29 is 4.74 Å². The number of ether oxygens (including phenoxy) is 1. The summed E-state index contributed by atoms with van der Waals surface area (Å²) >= 11 is 0. The van der Waals surface area contributed by atoms with Crippen molar-refractivity contribution >= 4 is 0 Å². The van der Waals surface area contributed by atoms with E-state index in [4.69, 9.17) is 10.5 Å². The van der Waals surface area contributed by atoms with E-state index in [1.54, 1.807) is 0 Å². The molecule has 90 valence electrons. The molecule has 1 atom stereocenters. The van der Waals surface area contributed by atoms with Crippen molar-refractivity contribution in [3.63, 3.8) is 0 Å². The maximum atomic E-state index is 6.36. The van der Waals surface area contributed by atoms with Crippen LogP contribution in [0.4, 0.5) is 0 Å². The zero-order valence-corrected chi connectivity index (χ0v) is 10.6. The van der Waals surface area contributed by atoms with Crippen molar-refractivity contribution in [3.05, 3.63) is 0 Å². The van der Waals surface area contributed by atoms with E-state index < -0.39 is 0 Å². The van der Waals surface area contributed by atoms with Crippen molar-refractivity contribution in [3.8, 4) is 0 Å². The van der Waals surface area contributed by atoms with Crippen LogP contribution in [0.1, 0.15) is 59.3 Å². The lowest BCUT2D eigenvalue weighted by molar-refractivity contribution is -0.0775. The van der Waals surface area contributed by atoms with E-state index in [9.17, 15) is 0 Å². The summed E-state index contributed by atoms with van der Waals surface area (Å²) in [6, 6.07) is 0.190. The van der Waals surface area contributed by atoms with Crippen LogP contribution in [0, 0.1) is 5.92 Å². The highest BCUT2D eigenvalue weighted by Crippen LogP contribution is 2.35. The lowest BCUT2D eigenvalue weighted by atomic mass is 9.81. The molecule has 1 fully saturated rings. The van der Waals surface area contributed by atoms with Gasteiger partial charge >= 0.3 is 0 Å². The smallest absolute Gasteiger partial charge is 0.0834 e. The monoisotopic (exact) mass is 213 g/mol. The zero-order chi connectivity index (χ0) is 11.3. The second-order valence-electron chi connectivity index (χ2n) is 5.18. The molecule has 15 heavy (non-hydrogen) atoms. The van der Waals surface area contributed by atoms with Crippen molar-refractivity contribution in [2.45, 2.75) is 70.9 Å². The first-order valence-corrected chi connectivity index (χ1v) is 6.52. The van der Waals surface area contributed by atoms with Crippen molar-refractivity contribution in [1.29, 1.82) is 0 Å². The van der Waals surface area contributed by atoms with Crippen LogP contribution < -0.4 is 5.73 Å². The normalized spacial score (nSPS) is 23.8. The molecule has 0 heterocycles. The maximum Gasteiger partial charge on any atom is 0.0834 e. The second kappa shape index (κ2) is 5.86. The van der Waals surface area contributed by atoms with Crippen LogP contribution in [0.2, 0.25) is 0 Å². The Bertz CT molecular complexity index is 171. The fourth-order valence-corrected chi connectivity index (χ4v) is 2.80. The fourth-order valence-electron chi connectivity index (χ4n) is 2.80. The van der Waals surface area contributed by atoms with Crippen LogP contribution in [-0.4, -0.2) is 18.2 Å². The summed E-state index contributed by atoms with van der Waals surface area (Å²) in [6.07, 6.45) is 7.56. The molecule has 1 unspecified atom stereocenters. The molecule has 2 N–H and O–H groups in total. The van der Waals surface area contributed by atoms with Gasteiger partial charge in [-0.2, -0.15) is 0 Å². The largest absolute Gasteiger partial charge is 0.374 e. The van der Waals surface area contributed by atoms with Gasteiger partial charge in [0.05, 0.1) is 5.60 Å². The molecule has 1 rings (SSSR count). The van der Waals surface area contributed by atoms with E-state index in [-0.39, 0.29) is 11.6 Å². The standard InChI is InChI=1S/C13H27NO/c1-4-15-13(12(14)11(2)3)9-7-5-6-8-10-13/h11-12H,4-10,14H2,1-3H3. The predicted molar refractivity (Wildman–Crippen MR) is 64.9 cm³/mol. The minimum atomic E-state index is -0.0284. The maximum absolute atomic E-state index is 6.36. The van der Waals surface area contributed by atoms with E-state index in [1.165, 1.54) is 25.7 Å². The van der Waals surface area contributed by atoms with Gasteiger partial charge in [-0.15, -0.1) is 0 Å². The molecule has 0 aromatic rings. The van der Waals surface area contributed by atoms with Crippen LogP contribution in [0.25, 0.3) is 0 Å². The summed E-state index contributed by atoms with van der Waals surface area (Å²) in [7, 11) is 0. The third-order valence-electron chi connectivity index (χ3n) is 3.71. The minimum Gasteiger partial charge on any atom is -0.374 e. The average Bonchev–Trinajstić information content (AvgIpc) is 2.44. The van der Waals surface area contributed by atoms with Gasteiger partial charge in [0.2, 0.25) is 0 Å². The van der Waals surface area contributed by atoms with Crippen LogP contribution in [-0.2, 0) is 4.74 Å². The summed E-state index contributed by atoms with van der Waals surface area (Å²) in [6.45, 7) is 7.28. The Morgan fingerprint density at radius 1 is 1.13 bits per heavy atom. The highest BCUT2D eigenvalue weighted by atomic mass is 16.5. The van der Waals surface area contributed by atoms with Crippen molar-refractivity contribution in [2.24, 2.45) is 11.7 Å². The van der Waals surface area contributed by atoms with E-state index >= 15 is 0 Å². The van der Waals surface area contributed by atoms with Gasteiger partial charge in [-0.25, -0.2) is 0 Å². The van der Waals surface area contributed by atoms with Gasteiger partial charge in [-0.3, -0.25) is 0 Å². The van der Waals surface area contributed by atoms with Crippen molar-refractivity contribution in [2.75, 3.05) is 6.61 Å². The fraction of sp³-hybridized carbons (Fsp3) is 1.00. The average molecular weight is 213 g/mol. The van der Waals surface area contributed by atoms with Gasteiger partial charge in [0.25, 0.3) is 0 Å². The molecule has 0 amide bonds. The SMILES string of the molecule is CCOC1(C(N)C(C)C)CCCCCC1. The lowest BCUT2D eigenvalue weighted by Crippen LogP contribution is -2.52. The number of hydrogen-bond donors (Lipinski definition) is 1. The molecule has 0 spiro atoms. The third-order valence-corrected chi connectivity index (χ3v) is 3.71. The Morgan fingerprint density at radius 3 is 2.07 bits per heavy atom. The van der Waals surface area contributed by atoms with Gasteiger partial charge in [0, 0.05) is 12.6 Å². The molecule has 0 aromatic carbocycles. The van der Waals surface area contributed by atoms with Crippen molar-refractivity contribution in [1.82, 2.24) is 0 Å². The minimum absolute atomic E-state index is 0.0284.